The number of carboxylic acids is 3. The summed E-state index contributed by atoms with van der Waals surface area (Å²) in [7, 11) is 6.70. The average molecular weight is 637 g/mol. The average Bonchev–Trinajstić information content (AvgIpc) is 3.40. The fourth-order valence-corrected chi connectivity index (χ4v) is 4.60. The molecule has 1 aromatic rings. The summed E-state index contributed by atoms with van der Waals surface area (Å²) in [6.07, 6.45) is -10.7. The van der Waals surface area contributed by atoms with E-state index in [2.05, 4.69) is 46.2 Å². The van der Waals surface area contributed by atoms with Crippen molar-refractivity contribution < 1.29 is 69.2 Å². The molecule has 0 aliphatic carbocycles. The maximum Gasteiger partial charge on any atom is 0.490 e. The van der Waals surface area contributed by atoms with Crippen molar-refractivity contribution in [2.75, 3.05) is 40.8 Å². The van der Waals surface area contributed by atoms with Gasteiger partial charge in [-0.05, 0) is 39.9 Å². The van der Waals surface area contributed by atoms with Gasteiger partial charge in [0.25, 0.3) is 0 Å². The van der Waals surface area contributed by atoms with E-state index in [-0.39, 0.29) is 0 Å². The van der Waals surface area contributed by atoms with Crippen molar-refractivity contribution in [1.82, 2.24) is 19.7 Å². The van der Waals surface area contributed by atoms with Crippen LogP contribution in [-0.4, -0.2) is 124 Å². The van der Waals surface area contributed by atoms with Gasteiger partial charge in [-0.25, -0.2) is 19.4 Å². The Hall–Kier alpha value is -2.71. The lowest BCUT2D eigenvalue weighted by Crippen LogP contribution is -2.46. The SMILES string of the molecule is CN(C)C[C@@H]1C[C@@H]2CN(Cc3nccs3)CC[C@@H]2N1C.O=C(O)C(F)(F)F.O=C(O)C(F)(F)F.O=C(O)C(F)(F)F. The molecule has 3 N–H and O–H groups in total. The molecule has 0 amide bonds. The van der Waals surface area contributed by atoms with Gasteiger partial charge in [0.05, 0.1) is 6.54 Å². The van der Waals surface area contributed by atoms with Crippen LogP contribution in [0.25, 0.3) is 0 Å². The number of hydrogen-bond donors (Lipinski definition) is 3. The molecule has 20 heteroatoms. The molecule has 0 saturated carbocycles. The second-order valence-electron chi connectivity index (χ2n) is 9.00. The number of piperidine rings is 1. The number of carboxylic acid groups (broad SMARTS) is 3. The fourth-order valence-electron chi connectivity index (χ4n) is 3.94. The lowest BCUT2D eigenvalue weighted by Gasteiger charge is -2.37. The zero-order valence-electron chi connectivity index (χ0n) is 21.8. The van der Waals surface area contributed by atoms with E-state index in [4.69, 9.17) is 29.7 Å². The summed E-state index contributed by atoms with van der Waals surface area (Å²) in [6.45, 7) is 4.71. The molecule has 0 radical (unpaired) electrons. The number of alkyl halides is 9. The predicted octanol–water partition coefficient (Wildman–Crippen LogP) is 3.50. The van der Waals surface area contributed by atoms with Crippen molar-refractivity contribution in [3.8, 4) is 0 Å². The number of rotatable bonds is 4. The number of fused-ring (bicyclic) bond motifs is 1. The zero-order chi connectivity index (χ0) is 32.3. The van der Waals surface area contributed by atoms with Gasteiger partial charge in [0.15, 0.2) is 0 Å². The largest absolute Gasteiger partial charge is 0.490 e. The maximum absolute atomic E-state index is 10.6. The van der Waals surface area contributed by atoms with Gasteiger partial charge in [-0.2, -0.15) is 39.5 Å². The first-order valence-corrected chi connectivity index (χ1v) is 12.2. The minimum atomic E-state index is -5.08. The van der Waals surface area contributed by atoms with E-state index in [0.717, 1.165) is 24.5 Å². The maximum atomic E-state index is 10.6. The molecule has 0 unspecified atom stereocenters. The number of hydrogen-bond acceptors (Lipinski definition) is 8. The second-order valence-corrected chi connectivity index (χ2v) is 9.98. The summed E-state index contributed by atoms with van der Waals surface area (Å²) in [5.74, 6) is -7.42. The van der Waals surface area contributed by atoms with E-state index in [1.807, 2.05) is 6.20 Å². The minimum Gasteiger partial charge on any atom is -0.475 e. The Morgan fingerprint density at radius 1 is 0.951 bits per heavy atom. The summed E-state index contributed by atoms with van der Waals surface area (Å²) in [6, 6.07) is 1.53. The molecular weight excluding hydrogens is 607 g/mol. The van der Waals surface area contributed by atoms with Crippen molar-refractivity contribution >= 4 is 29.2 Å². The summed E-state index contributed by atoms with van der Waals surface area (Å²) < 4.78 is 95.2. The van der Waals surface area contributed by atoms with Crippen LogP contribution in [0.5, 0.6) is 0 Å². The van der Waals surface area contributed by atoms with E-state index in [1.165, 1.54) is 37.5 Å². The number of likely N-dealkylation sites (tertiary alicyclic amines) is 2. The Bertz CT molecular complexity index is 902. The third-order valence-corrected chi connectivity index (χ3v) is 6.36. The number of thiazole rings is 1. The molecule has 2 fully saturated rings. The Labute approximate surface area is 232 Å². The van der Waals surface area contributed by atoms with Gasteiger partial charge in [-0.15, -0.1) is 11.3 Å². The van der Waals surface area contributed by atoms with Gasteiger partial charge >= 0.3 is 36.4 Å². The molecule has 3 heterocycles. The molecule has 0 aromatic carbocycles. The van der Waals surface area contributed by atoms with Crippen molar-refractivity contribution in [2.45, 2.75) is 50.0 Å². The number of aromatic nitrogens is 1. The van der Waals surface area contributed by atoms with Crippen LogP contribution in [0.1, 0.15) is 17.8 Å². The number of halogens is 9. The Morgan fingerprint density at radius 2 is 1.39 bits per heavy atom. The molecule has 2 saturated heterocycles. The Balaban J connectivity index is 0.000000631. The van der Waals surface area contributed by atoms with E-state index in [0.29, 0.717) is 0 Å². The first-order valence-electron chi connectivity index (χ1n) is 11.3. The number of likely N-dealkylation sites (N-methyl/N-ethyl adjacent to an activating group) is 2. The van der Waals surface area contributed by atoms with Crippen molar-refractivity contribution in [1.29, 1.82) is 0 Å². The summed E-state index contributed by atoms with van der Waals surface area (Å²) in [5.41, 5.74) is 0. The van der Waals surface area contributed by atoms with Crippen LogP contribution in [-0.2, 0) is 20.9 Å². The zero-order valence-corrected chi connectivity index (χ0v) is 22.6. The van der Waals surface area contributed by atoms with Gasteiger partial charge < -0.3 is 20.2 Å². The van der Waals surface area contributed by atoms with E-state index < -0.39 is 36.4 Å². The number of nitrogens with zero attached hydrogens (tertiary/aromatic N) is 4. The van der Waals surface area contributed by atoms with Crippen LogP contribution in [0.15, 0.2) is 11.6 Å². The first kappa shape index (κ1) is 38.3. The van der Waals surface area contributed by atoms with Crippen molar-refractivity contribution in [2.24, 2.45) is 5.92 Å². The quantitative estimate of drug-likeness (QED) is 0.422. The standard InChI is InChI=1S/C15H26N4S.3C2HF3O2/c1-17(2)10-13-8-12-9-19(6-4-14(12)18(13)3)11-15-16-5-7-20-15;3*3-2(4,5)1(6)7/h5,7,12-14H,4,6,8-11H2,1-3H3;3*(H,6,7)/t12-,13+,14+;;;/m1.../s1. The molecule has 238 valence electrons. The molecule has 2 aliphatic rings. The predicted molar refractivity (Wildman–Crippen MR) is 125 cm³/mol. The highest BCUT2D eigenvalue weighted by molar-refractivity contribution is 7.09. The highest BCUT2D eigenvalue weighted by atomic mass is 32.1. The molecule has 10 nitrogen and oxygen atoms in total. The number of aliphatic carboxylic acids is 3. The van der Waals surface area contributed by atoms with Crippen LogP contribution in [0.4, 0.5) is 39.5 Å². The highest BCUT2D eigenvalue weighted by Crippen LogP contribution is 2.35. The highest BCUT2D eigenvalue weighted by Gasteiger charge is 2.42. The summed E-state index contributed by atoms with van der Waals surface area (Å²) in [4.78, 5) is 38.7. The summed E-state index contributed by atoms with van der Waals surface area (Å²) in [5, 5.41) is 24.7. The van der Waals surface area contributed by atoms with Gasteiger partial charge in [0.1, 0.15) is 5.01 Å². The van der Waals surface area contributed by atoms with Crippen molar-refractivity contribution in [3.63, 3.8) is 0 Å². The molecule has 3 atom stereocenters. The van der Waals surface area contributed by atoms with Crippen molar-refractivity contribution in [3.05, 3.63) is 16.6 Å². The smallest absolute Gasteiger partial charge is 0.475 e. The summed E-state index contributed by atoms with van der Waals surface area (Å²) >= 11 is 1.78. The second kappa shape index (κ2) is 16.1. The molecular formula is C21H29F9N4O6S. The monoisotopic (exact) mass is 636 g/mol. The lowest BCUT2D eigenvalue weighted by atomic mass is 9.92. The van der Waals surface area contributed by atoms with Gasteiger partial charge in [0.2, 0.25) is 0 Å². The molecule has 41 heavy (non-hydrogen) atoms. The Kier molecular flexibility index (Phi) is 15.0. The van der Waals surface area contributed by atoms with E-state index >= 15 is 0 Å². The van der Waals surface area contributed by atoms with Crippen LogP contribution in [0.2, 0.25) is 0 Å². The molecule has 2 aliphatic heterocycles. The van der Waals surface area contributed by atoms with Crippen LogP contribution >= 0.6 is 11.3 Å². The number of carbonyl (C=O) groups is 3. The van der Waals surface area contributed by atoms with Gasteiger partial charge in [-0.3, -0.25) is 9.80 Å². The van der Waals surface area contributed by atoms with Gasteiger partial charge in [-0.1, -0.05) is 0 Å². The molecule has 0 bridgehead atoms. The molecule has 0 spiro atoms. The minimum absolute atomic E-state index is 0.736. The normalized spacial score (nSPS) is 21.3. The lowest BCUT2D eigenvalue weighted by molar-refractivity contribution is -0.193. The van der Waals surface area contributed by atoms with Gasteiger partial charge in [0, 0.05) is 43.3 Å². The first-order chi connectivity index (χ1) is 18.5. The fraction of sp³-hybridized carbons (Fsp3) is 0.714. The van der Waals surface area contributed by atoms with Crippen LogP contribution < -0.4 is 0 Å². The van der Waals surface area contributed by atoms with Crippen LogP contribution in [0.3, 0.4) is 0 Å². The molecule has 1 aromatic heterocycles. The third-order valence-electron chi connectivity index (χ3n) is 5.60. The van der Waals surface area contributed by atoms with E-state index in [1.54, 1.807) is 11.3 Å². The molecule has 3 rings (SSSR count). The van der Waals surface area contributed by atoms with Crippen LogP contribution in [0, 0.1) is 5.92 Å². The third kappa shape index (κ3) is 15.2. The van der Waals surface area contributed by atoms with E-state index in [9.17, 15) is 39.5 Å². The topological polar surface area (TPSA) is 135 Å². The Morgan fingerprint density at radius 3 is 1.73 bits per heavy atom.